The Morgan fingerprint density at radius 2 is 1.64 bits per heavy atom. The number of hydrogen-bond acceptors (Lipinski definition) is 7. The highest BCUT2D eigenvalue weighted by Crippen LogP contribution is 2.07. The number of nitrogens with zero attached hydrogens (tertiary/aromatic N) is 1. The van der Waals surface area contributed by atoms with Gasteiger partial charge in [0.1, 0.15) is 18.1 Å². The summed E-state index contributed by atoms with van der Waals surface area (Å²) >= 11 is 0. The molecule has 1 rings (SSSR count). The molecule has 0 bridgehead atoms. The number of carboxylic acids is 2. The lowest BCUT2D eigenvalue weighted by Crippen LogP contribution is -2.56. The lowest BCUT2D eigenvalue weighted by Gasteiger charge is -2.24. The fraction of sp³-hybridized carbons (Fsp3) is 0.600. The number of hydrogen-bond donors (Lipinski definition) is 7. The Kier molecular flexibility index (Phi) is 11.0. The third-order valence-corrected chi connectivity index (χ3v) is 4.69. The number of rotatable bonds is 14. The van der Waals surface area contributed by atoms with E-state index in [0.29, 0.717) is 5.69 Å². The molecule has 0 fully saturated rings. The van der Waals surface area contributed by atoms with E-state index in [1.165, 1.54) is 19.4 Å². The summed E-state index contributed by atoms with van der Waals surface area (Å²) in [6, 6.07) is -4.45. The molecule has 0 aliphatic rings. The zero-order valence-electron chi connectivity index (χ0n) is 18.8. The van der Waals surface area contributed by atoms with Crippen molar-refractivity contribution in [2.75, 3.05) is 0 Å². The predicted molar refractivity (Wildman–Crippen MR) is 116 cm³/mol. The highest BCUT2D eigenvalue weighted by Gasteiger charge is 2.29. The number of carbonyl (C=O) groups excluding carboxylic acids is 3. The van der Waals surface area contributed by atoms with Crippen LogP contribution in [0.3, 0.4) is 0 Å². The van der Waals surface area contributed by atoms with Crippen molar-refractivity contribution in [3.8, 4) is 0 Å². The van der Waals surface area contributed by atoms with Gasteiger partial charge in [0.15, 0.2) is 0 Å². The first kappa shape index (κ1) is 27.6. The second-order valence-electron chi connectivity index (χ2n) is 8.14. The third-order valence-electron chi connectivity index (χ3n) is 4.69. The molecular formula is C20H32N6O7. The maximum atomic E-state index is 12.7. The monoisotopic (exact) mass is 468 g/mol. The van der Waals surface area contributed by atoms with Crippen molar-refractivity contribution in [3.63, 3.8) is 0 Å². The van der Waals surface area contributed by atoms with E-state index in [9.17, 15) is 29.1 Å². The van der Waals surface area contributed by atoms with Crippen LogP contribution in [0.25, 0.3) is 0 Å². The highest BCUT2D eigenvalue weighted by atomic mass is 16.4. The van der Waals surface area contributed by atoms with Crippen LogP contribution in [-0.2, 0) is 30.4 Å². The van der Waals surface area contributed by atoms with Gasteiger partial charge in [-0.2, -0.15) is 0 Å². The standard InChI is InChI=1S/C20H32N6O7/c1-10(2)6-14(25-18(30)13(21)4-5-16(27)28)19(31)24-11(3)17(29)26-15(20(32)33)7-12-8-22-9-23-12/h8-11,13-15H,4-7,21H2,1-3H3,(H,22,23)(H,24,31)(H,25,30)(H,26,29)(H,27,28)(H,32,33). The minimum atomic E-state index is -1.25. The molecule has 13 heteroatoms. The molecule has 13 nitrogen and oxygen atoms in total. The molecule has 4 atom stereocenters. The normalized spacial score (nSPS) is 14.6. The molecule has 1 aromatic heterocycles. The summed E-state index contributed by atoms with van der Waals surface area (Å²) in [5.41, 5.74) is 6.21. The molecule has 0 aliphatic heterocycles. The number of aromatic nitrogens is 2. The molecule has 1 heterocycles. The van der Waals surface area contributed by atoms with Crippen molar-refractivity contribution in [1.82, 2.24) is 25.9 Å². The quantitative estimate of drug-likeness (QED) is 0.173. The number of aromatic amines is 1. The zero-order chi connectivity index (χ0) is 25.1. The molecule has 184 valence electrons. The molecule has 4 unspecified atom stereocenters. The maximum absolute atomic E-state index is 12.7. The van der Waals surface area contributed by atoms with Crippen molar-refractivity contribution in [2.45, 2.75) is 70.6 Å². The maximum Gasteiger partial charge on any atom is 0.326 e. The minimum Gasteiger partial charge on any atom is -0.481 e. The molecular weight excluding hydrogens is 436 g/mol. The van der Waals surface area contributed by atoms with Gasteiger partial charge in [-0.25, -0.2) is 9.78 Å². The number of H-pyrrole nitrogens is 1. The van der Waals surface area contributed by atoms with E-state index in [0.717, 1.165) is 0 Å². The lowest BCUT2D eigenvalue weighted by molar-refractivity contribution is -0.142. The molecule has 33 heavy (non-hydrogen) atoms. The fourth-order valence-corrected chi connectivity index (χ4v) is 2.88. The van der Waals surface area contributed by atoms with Crippen LogP contribution in [0.5, 0.6) is 0 Å². The highest BCUT2D eigenvalue weighted by molar-refractivity contribution is 5.94. The van der Waals surface area contributed by atoms with Gasteiger partial charge in [-0.1, -0.05) is 13.8 Å². The van der Waals surface area contributed by atoms with Gasteiger partial charge >= 0.3 is 11.9 Å². The Hall–Kier alpha value is -3.48. The molecule has 0 spiro atoms. The van der Waals surface area contributed by atoms with Crippen LogP contribution >= 0.6 is 0 Å². The summed E-state index contributed by atoms with van der Waals surface area (Å²) < 4.78 is 0. The van der Waals surface area contributed by atoms with Gasteiger partial charge in [-0.05, 0) is 25.7 Å². The van der Waals surface area contributed by atoms with Crippen molar-refractivity contribution >= 4 is 29.7 Å². The van der Waals surface area contributed by atoms with Crippen LogP contribution in [0.4, 0.5) is 0 Å². The molecule has 0 aliphatic carbocycles. The first-order chi connectivity index (χ1) is 15.4. The van der Waals surface area contributed by atoms with Crippen molar-refractivity contribution < 1.29 is 34.2 Å². The third kappa shape index (κ3) is 10.1. The van der Waals surface area contributed by atoms with Gasteiger partial charge in [0, 0.05) is 24.7 Å². The van der Waals surface area contributed by atoms with Crippen molar-refractivity contribution in [1.29, 1.82) is 0 Å². The largest absolute Gasteiger partial charge is 0.481 e. The summed E-state index contributed by atoms with van der Waals surface area (Å²) in [5, 5.41) is 25.4. The van der Waals surface area contributed by atoms with Gasteiger partial charge in [0.05, 0.1) is 12.4 Å². The fourth-order valence-electron chi connectivity index (χ4n) is 2.88. The Morgan fingerprint density at radius 3 is 2.15 bits per heavy atom. The van der Waals surface area contributed by atoms with E-state index in [4.69, 9.17) is 10.8 Å². The average Bonchev–Trinajstić information content (AvgIpc) is 3.23. The van der Waals surface area contributed by atoms with Crippen LogP contribution in [0.1, 0.15) is 45.7 Å². The summed E-state index contributed by atoms with van der Waals surface area (Å²) in [4.78, 5) is 66.2. The molecule has 0 saturated carbocycles. The summed E-state index contributed by atoms with van der Waals surface area (Å²) in [7, 11) is 0. The van der Waals surface area contributed by atoms with Gasteiger partial charge in [-0.15, -0.1) is 0 Å². The SMILES string of the molecule is CC(C)CC(NC(=O)C(N)CCC(=O)O)C(=O)NC(C)C(=O)NC(Cc1cnc[nH]1)C(=O)O. The number of amides is 3. The van der Waals surface area contributed by atoms with E-state index >= 15 is 0 Å². The number of aliphatic carboxylic acids is 2. The summed E-state index contributed by atoms with van der Waals surface area (Å²) in [6.07, 6.45) is 2.65. The van der Waals surface area contributed by atoms with Crippen LogP contribution in [0.15, 0.2) is 12.5 Å². The number of carboxylic acid groups (broad SMARTS) is 2. The molecule has 0 saturated heterocycles. The summed E-state index contributed by atoms with van der Waals surface area (Å²) in [6.45, 7) is 5.05. The second-order valence-corrected chi connectivity index (χ2v) is 8.14. The van der Waals surface area contributed by atoms with Gasteiger partial charge in [-0.3, -0.25) is 19.2 Å². The molecule has 8 N–H and O–H groups in total. The van der Waals surface area contributed by atoms with E-state index in [1.807, 2.05) is 13.8 Å². The Bertz CT molecular complexity index is 827. The van der Waals surface area contributed by atoms with E-state index < -0.39 is 53.8 Å². The number of carbonyl (C=O) groups is 5. The van der Waals surface area contributed by atoms with Gasteiger partial charge in [0.2, 0.25) is 17.7 Å². The number of nitrogens with two attached hydrogens (primary N) is 1. The predicted octanol–water partition coefficient (Wildman–Crippen LogP) is -1.25. The van der Waals surface area contributed by atoms with Crippen LogP contribution < -0.4 is 21.7 Å². The topological polar surface area (TPSA) is 217 Å². The van der Waals surface area contributed by atoms with E-state index in [1.54, 1.807) is 0 Å². The minimum absolute atomic E-state index is 0.00576. The van der Waals surface area contributed by atoms with E-state index in [2.05, 4.69) is 25.9 Å². The van der Waals surface area contributed by atoms with Gasteiger partial charge < -0.3 is 36.9 Å². The lowest BCUT2D eigenvalue weighted by atomic mass is 10.0. The first-order valence-corrected chi connectivity index (χ1v) is 10.5. The first-order valence-electron chi connectivity index (χ1n) is 10.5. The molecule has 1 aromatic rings. The smallest absolute Gasteiger partial charge is 0.326 e. The number of nitrogens with one attached hydrogen (secondary N) is 4. The summed E-state index contributed by atoms with van der Waals surface area (Å²) in [5.74, 6) is -4.39. The molecule has 0 radical (unpaired) electrons. The Balaban J connectivity index is 2.74. The Morgan fingerprint density at radius 1 is 1.00 bits per heavy atom. The molecule has 3 amide bonds. The average molecular weight is 469 g/mol. The van der Waals surface area contributed by atoms with Crippen LogP contribution in [-0.4, -0.2) is 74.0 Å². The van der Waals surface area contributed by atoms with Crippen molar-refractivity contribution in [3.05, 3.63) is 18.2 Å². The van der Waals surface area contributed by atoms with Crippen molar-refractivity contribution in [2.24, 2.45) is 11.7 Å². The van der Waals surface area contributed by atoms with Gasteiger partial charge in [0.25, 0.3) is 0 Å². The van der Waals surface area contributed by atoms with Crippen LogP contribution in [0, 0.1) is 5.92 Å². The van der Waals surface area contributed by atoms with E-state index in [-0.39, 0.29) is 31.6 Å². The molecule has 0 aromatic carbocycles. The number of imidazole rings is 1. The second kappa shape index (κ2) is 13.2. The Labute approximate surface area is 190 Å². The van der Waals surface area contributed by atoms with Crippen LogP contribution in [0.2, 0.25) is 0 Å². The zero-order valence-corrected chi connectivity index (χ0v) is 18.8.